The number of rotatable bonds is 1. The third-order valence-corrected chi connectivity index (χ3v) is 3.70. The van der Waals surface area contributed by atoms with Crippen LogP contribution in [0.2, 0.25) is 5.28 Å². The molecule has 1 aromatic rings. The molecular formula is C8H11ClN4OS. The third kappa shape index (κ3) is 2.38. The molecule has 15 heavy (non-hydrogen) atoms. The highest BCUT2D eigenvalue weighted by molar-refractivity contribution is 7.85. The first-order chi connectivity index (χ1) is 7.16. The molecule has 5 nitrogen and oxygen atoms in total. The highest BCUT2D eigenvalue weighted by atomic mass is 35.5. The van der Waals surface area contributed by atoms with Gasteiger partial charge >= 0.3 is 0 Å². The predicted molar refractivity (Wildman–Crippen MR) is 61.5 cm³/mol. The van der Waals surface area contributed by atoms with Gasteiger partial charge in [-0.1, -0.05) is 0 Å². The number of hydrogen-bond acceptors (Lipinski definition) is 5. The summed E-state index contributed by atoms with van der Waals surface area (Å²) in [5, 5.41) is 0.186. The van der Waals surface area contributed by atoms with Crippen molar-refractivity contribution in [1.29, 1.82) is 0 Å². The zero-order chi connectivity index (χ0) is 10.8. The highest BCUT2D eigenvalue weighted by Gasteiger charge is 2.18. The molecule has 2 rings (SSSR count). The second-order valence-electron chi connectivity index (χ2n) is 3.25. The fraction of sp³-hybridized carbons (Fsp3) is 0.500. The van der Waals surface area contributed by atoms with E-state index in [9.17, 15) is 4.21 Å². The zero-order valence-corrected chi connectivity index (χ0v) is 9.59. The summed E-state index contributed by atoms with van der Waals surface area (Å²) >= 11 is 5.70. The quantitative estimate of drug-likeness (QED) is 0.721. The maximum atomic E-state index is 11.2. The van der Waals surface area contributed by atoms with Crippen LogP contribution in [0.25, 0.3) is 0 Å². The van der Waals surface area contributed by atoms with Gasteiger partial charge in [-0.15, -0.1) is 0 Å². The summed E-state index contributed by atoms with van der Waals surface area (Å²) in [7, 11) is -0.706. The van der Waals surface area contributed by atoms with Gasteiger partial charge in [0.15, 0.2) is 5.82 Å². The van der Waals surface area contributed by atoms with Gasteiger partial charge in [0.2, 0.25) is 5.28 Å². The summed E-state index contributed by atoms with van der Waals surface area (Å²) < 4.78 is 11.2. The molecule has 1 aliphatic heterocycles. The van der Waals surface area contributed by atoms with Crippen LogP contribution in [-0.4, -0.2) is 38.8 Å². The van der Waals surface area contributed by atoms with E-state index in [0.717, 1.165) is 0 Å². The SMILES string of the molecule is Nc1cnc(Cl)nc1N1CCS(=O)CC1. The molecule has 1 saturated heterocycles. The van der Waals surface area contributed by atoms with Crippen LogP contribution in [0.3, 0.4) is 0 Å². The van der Waals surface area contributed by atoms with Gasteiger partial charge in [0.25, 0.3) is 0 Å². The second kappa shape index (κ2) is 4.32. The van der Waals surface area contributed by atoms with Crippen LogP contribution >= 0.6 is 11.6 Å². The fourth-order valence-corrected chi connectivity index (χ4v) is 2.65. The molecule has 2 heterocycles. The van der Waals surface area contributed by atoms with Gasteiger partial charge < -0.3 is 10.6 Å². The first-order valence-electron chi connectivity index (χ1n) is 4.55. The Morgan fingerprint density at radius 1 is 1.47 bits per heavy atom. The molecule has 0 aromatic carbocycles. The minimum absolute atomic E-state index is 0.186. The summed E-state index contributed by atoms with van der Waals surface area (Å²) in [6, 6.07) is 0. The third-order valence-electron chi connectivity index (χ3n) is 2.24. The second-order valence-corrected chi connectivity index (χ2v) is 5.29. The van der Waals surface area contributed by atoms with Crippen molar-refractivity contribution < 1.29 is 4.21 Å². The summed E-state index contributed by atoms with van der Waals surface area (Å²) in [5.41, 5.74) is 6.26. The van der Waals surface area contributed by atoms with Crippen molar-refractivity contribution >= 4 is 33.9 Å². The minimum Gasteiger partial charge on any atom is -0.394 e. The van der Waals surface area contributed by atoms with Gasteiger partial charge in [0.1, 0.15) is 0 Å². The Bertz CT molecular complexity index is 390. The van der Waals surface area contributed by atoms with Crippen LogP contribution in [-0.2, 0) is 10.8 Å². The topological polar surface area (TPSA) is 72.1 Å². The molecule has 7 heteroatoms. The van der Waals surface area contributed by atoms with Gasteiger partial charge in [-0.2, -0.15) is 4.98 Å². The van der Waals surface area contributed by atoms with Crippen LogP contribution in [0, 0.1) is 0 Å². The number of nitrogens with zero attached hydrogens (tertiary/aromatic N) is 3. The highest BCUT2D eigenvalue weighted by Crippen LogP contribution is 2.21. The molecule has 0 unspecified atom stereocenters. The largest absolute Gasteiger partial charge is 0.394 e. The van der Waals surface area contributed by atoms with Crippen LogP contribution in [0.15, 0.2) is 6.20 Å². The van der Waals surface area contributed by atoms with E-state index in [4.69, 9.17) is 17.3 Å². The summed E-state index contributed by atoms with van der Waals surface area (Å²) in [4.78, 5) is 9.86. The van der Waals surface area contributed by atoms with Gasteiger partial charge in [-0.05, 0) is 11.6 Å². The lowest BCUT2D eigenvalue weighted by Gasteiger charge is -2.27. The number of nitrogens with two attached hydrogens (primary N) is 1. The normalized spacial score (nSPS) is 18.1. The molecular weight excluding hydrogens is 236 g/mol. The van der Waals surface area contributed by atoms with E-state index in [1.165, 1.54) is 6.20 Å². The number of aromatic nitrogens is 2. The van der Waals surface area contributed by atoms with E-state index in [1.54, 1.807) is 0 Å². The summed E-state index contributed by atoms with van der Waals surface area (Å²) in [6.45, 7) is 1.40. The Morgan fingerprint density at radius 3 is 2.80 bits per heavy atom. The standard InChI is InChI=1S/C8H11ClN4OS/c9-8-11-5-6(10)7(12-8)13-1-3-15(14)4-2-13/h5H,1-4,10H2. The van der Waals surface area contributed by atoms with Gasteiger partial charge in [-0.3, -0.25) is 4.21 Å². The van der Waals surface area contributed by atoms with Gasteiger partial charge in [0, 0.05) is 35.4 Å². The first kappa shape index (κ1) is 10.6. The molecule has 0 radical (unpaired) electrons. The molecule has 0 atom stereocenters. The van der Waals surface area contributed by atoms with Crippen LogP contribution in [0.1, 0.15) is 0 Å². The molecule has 0 spiro atoms. The first-order valence-corrected chi connectivity index (χ1v) is 6.41. The predicted octanol–water partition coefficient (Wildman–Crippen LogP) is 0.281. The number of halogens is 1. The lowest BCUT2D eigenvalue weighted by molar-refractivity contribution is 0.672. The Morgan fingerprint density at radius 2 is 2.13 bits per heavy atom. The van der Waals surface area contributed by atoms with Gasteiger partial charge in [-0.25, -0.2) is 4.98 Å². The maximum Gasteiger partial charge on any atom is 0.224 e. The van der Waals surface area contributed by atoms with Crippen LogP contribution in [0.4, 0.5) is 11.5 Å². The molecule has 0 amide bonds. The van der Waals surface area contributed by atoms with E-state index in [0.29, 0.717) is 36.1 Å². The number of hydrogen-bond donors (Lipinski definition) is 1. The average Bonchev–Trinajstić information content (AvgIpc) is 2.23. The van der Waals surface area contributed by atoms with E-state index in [2.05, 4.69) is 9.97 Å². The Labute approximate surface area is 95.1 Å². The van der Waals surface area contributed by atoms with Crippen molar-refractivity contribution in [2.75, 3.05) is 35.2 Å². The Balaban J connectivity index is 2.21. The van der Waals surface area contributed by atoms with Gasteiger partial charge in [0.05, 0.1) is 11.9 Å². The maximum absolute atomic E-state index is 11.2. The van der Waals surface area contributed by atoms with Crippen LogP contribution < -0.4 is 10.6 Å². The molecule has 0 saturated carbocycles. The molecule has 82 valence electrons. The molecule has 1 aliphatic rings. The van der Waals surface area contributed by atoms with E-state index >= 15 is 0 Å². The van der Waals surface area contributed by atoms with Crippen LogP contribution in [0.5, 0.6) is 0 Å². The molecule has 1 aromatic heterocycles. The fourth-order valence-electron chi connectivity index (χ4n) is 1.46. The van der Waals surface area contributed by atoms with Crippen molar-refractivity contribution in [3.05, 3.63) is 11.5 Å². The lowest BCUT2D eigenvalue weighted by Crippen LogP contribution is -2.38. The molecule has 2 N–H and O–H groups in total. The van der Waals surface area contributed by atoms with E-state index in [-0.39, 0.29) is 5.28 Å². The molecule has 1 fully saturated rings. The number of nitrogen functional groups attached to an aromatic ring is 1. The summed E-state index contributed by atoms with van der Waals surface area (Å²) in [5.74, 6) is 1.95. The van der Waals surface area contributed by atoms with Crippen molar-refractivity contribution in [2.24, 2.45) is 0 Å². The molecule has 0 bridgehead atoms. The number of anilines is 2. The zero-order valence-electron chi connectivity index (χ0n) is 8.02. The average molecular weight is 247 g/mol. The lowest BCUT2D eigenvalue weighted by atomic mass is 10.4. The monoisotopic (exact) mass is 246 g/mol. The summed E-state index contributed by atoms with van der Waals surface area (Å²) in [6.07, 6.45) is 1.50. The van der Waals surface area contributed by atoms with E-state index in [1.807, 2.05) is 4.90 Å². The van der Waals surface area contributed by atoms with Crippen molar-refractivity contribution in [3.63, 3.8) is 0 Å². The Kier molecular flexibility index (Phi) is 3.06. The molecule has 0 aliphatic carbocycles. The minimum atomic E-state index is -0.706. The van der Waals surface area contributed by atoms with Crippen molar-refractivity contribution in [1.82, 2.24) is 9.97 Å². The van der Waals surface area contributed by atoms with E-state index < -0.39 is 10.8 Å². The Hall–Kier alpha value is -0.880. The van der Waals surface area contributed by atoms with Crippen molar-refractivity contribution in [2.45, 2.75) is 0 Å². The van der Waals surface area contributed by atoms with Crippen molar-refractivity contribution in [3.8, 4) is 0 Å². The smallest absolute Gasteiger partial charge is 0.224 e.